The molecule has 192 valence electrons. The number of carbonyl (C=O) groups is 1. The van der Waals surface area contributed by atoms with Crippen LogP contribution in [-0.2, 0) is 6.54 Å². The molecule has 0 aliphatic heterocycles. The molecule has 0 bridgehead atoms. The van der Waals surface area contributed by atoms with E-state index >= 15 is 0 Å². The van der Waals surface area contributed by atoms with E-state index in [2.05, 4.69) is 20.4 Å². The summed E-state index contributed by atoms with van der Waals surface area (Å²) in [6.07, 6.45) is 4.01. The standard InChI is InChI=1S/C26H22FN7O4/c1-32(15-16-7-9-17(38-2)10-8-16)20-13-22(31-34-21(26(36)37)14-29-24(20)34)30-19-6-4-12-33(25(19)35)23-18(27)5-3-11-28-23/h3-14H,15H2,1-2H3,(H,30,31)(H,36,37). The van der Waals surface area contributed by atoms with Crippen molar-refractivity contribution >= 4 is 28.8 Å². The molecule has 12 heteroatoms. The number of methoxy groups -OCH3 is 1. The molecule has 0 unspecified atom stereocenters. The van der Waals surface area contributed by atoms with Crippen molar-refractivity contribution in [3.8, 4) is 11.6 Å². The number of anilines is 3. The number of nitrogens with one attached hydrogen (secondary N) is 1. The molecule has 5 aromatic rings. The summed E-state index contributed by atoms with van der Waals surface area (Å²) in [6, 6.07) is 14.9. The number of aromatic carboxylic acids is 1. The molecule has 0 saturated carbocycles. The van der Waals surface area contributed by atoms with Crippen molar-refractivity contribution in [3.05, 3.63) is 101 Å². The number of fused-ring (bicyclic) bond motifs is 1. The molecule has 0 radical (unpaired) electrons. The van der Waals surface area contributed by atoms with Crippen LogP contribution in [0.5, 0.6) is 5.75 Å². The summed E-state index contributed by atoms with van der Waals surface area (Å²) in [6.45, 7) is 0.468. The van der Waals surface area contributed by atoms with E-state index < -0.39 is 17.3 Å². The van der Waals surface area contributed by atoms with E-state index in [4.69, 9.17) is 4.74 Å². The predicted molar refractivity (Wildman–Crippen MR) is 138 cm³/mol. The first-order valence-corrected chi connectivity index (χ1v) is 11.4. The summed E-state index contributed by atoms with van der Waals surface area (Å²) in [5.74, 6) is -1.09. The molecule has 0 fully saturated rings. The van der Waals surface area contributed by atoms with Crippen molar-refractivity contribution in [2.75, 3.05) is 24.4 Å². The maximum atomic E-state index is 14.3. The van der Waals surface area contributed by atoms with E-state index in [1.807, 2.05) is 36.2 Å². The van der Waals surface area contributed by atoms with Crippen LogP contribution in [0.2, 0.25) is 0 Å². The Morgan fingerprint density at radius 3 is 2.66 bits per heavy atom. The molecule has 0 spiro atoms. The van der Waals surface area contributed by atoms with Crippen molar-refractivity contribution in [1.29, 1.82) is 0 Å². The Kier molecular flexibility index (Phi) is 6.44. The fourth-order valence-corrected chi connectivity index (χ4v) is 3.98. The number of ether oxygens (including phenoxy) is 1. The highest BCUT2D eigenvalue weighted by molar-refractivity contribution is 5.88. The third kappa shape index (κ3) is 4.62. The molecular formula is C26H22FN7O4. The third-order valence-corrected chi connectivity index (χ3v) is 5.83. The maximum absolute atomic E-state index is 14.3. The van der Waals surface area contributed by atoms with Gasteiger partial charge in [-0.1, -0.05) is 12.1 Å². The number of hydrogen-bond donors (Lipinski definition) is 2. The molecule has 0 aliphatic rings. The molecule has 38 heavy (non-hydrogen) atoms. The van der Waals surface area contributed by atoms with Crippen molar-refractivity contribution in [2.45, 2.75) is 6.54 Å². The highest BCUT2D eigenvalue weighted by Crippen LogP contribution is 2.26. The van der Waals surface area contributed by atoms with Gasteiger partial charge in [-0.05, 0) is 42.0 Å². The molecule has 0 amide bonds. The van der Waals surface area contributed by atoms with Gasteiger partial charge in [0.15, 0.2) is 28.8 Å². The number of carboxylic acids is 1. The number of carboxylic acid groups (broad SMARTS) is 1. The first-order chi connectivity index (χ1) is 18.4. The zero-order valence-corrected chi connectivity index (χ0v) is 20.4. The van der Waals surface area contributed by atoms with E-state index in [1.54, 1.807) is 19.2 Å². The maximum Gasteiger partial charge on any atom is 0.356 e. The summed E-state index contributed by atoms with van der Waals surface area (Å²) >= 11 is 0. The number of aromatic nitrogens is 5. The average molecular weight is 516 g/mol. The Morgan fingerprint density at radius 1 is 1.16 bits per heavy atom. The van der Waals surface area contributed by atoms with Gasteiger partial charge < -0.3 is 20.1 Å². The summed E-state index contributed by atoms with van der Waals surface area (Å²) < 4.78 is 21.8. The van der Waals surface area contributed by atoms with Crippen molar-refractivity contribution in [2.24, 2.45) is 0 Å². The highest BCUT2D eigenvalue weighted by Gasteiger charge is 2.19. The van der Waals surface area contributed by atoms with E-state index in [1.165, 1.54) is 41.3 Å². The van der Waals surface area contributed by atoms with Gasteiger partial charge in [0.25, 0.3) is 5.56 Å². The Balaban J connectivity index is 1.55. The number of rotatable bonds is 8. The Morgan fingerprint density at radius 2 is 1.95 bits per heavy atom. The SMILES string of the molecule is COc1ccc(CN(C)c2cc(Nc3cccn(-c4ncccc4F)c3=O)nn3c(C(=O)O)cnc23)cc1. The van der Waals surface area contributed by atoms with Gasteiger partial charge in [0.1, 0.15) is 11.4 Å². The topological polar surface area (TPSA) is 127 Å². The van der Waals surface area contributed by atoms with Crippen LogP contribution in [-0.4, -0.2) is 49.4 Å². The Hall–Kier alpha value is -5.26. The second-order valence-electron chi connectivity index (χ2n) is 8.33. The molecule has 0 aliphatic carbocycles. The van der Waals surface area contributed by atoms with Gasteiger partial charge in [-0.2, -0.15) is 0 Å². The number of benzene rings is 1. The van der Waals surface area contributed by atoms with E-state index in [-0.39, 0.29) is 23.0 Å². The molecule has 2 N–H and O–H groups in total. The summed E-state index contributed by atoms with van der Waals surface area (Å²) in [5.41, 5.74) is 1.24. The largest absolute Gasteiger partial charge is 0.497 e. The van der Waals surface area contributed by atoms with Gasteiger partial charge >= 0.3 is 5.97 Å². The number of imidazole rings is 1. The minimum Gasteiger partial charge on any atom is -0.497 e. The Labute approximate surface area is 215 Å². The van der Waals surface area contributed by atoms with Gasteiger partial charge in [-0.15, -0.1) is 5.10 Å². The molecular weight excluding hydrogens is 493 g/mol. The van der Waals surface area contributed by atoms with Crippen molar-refractivity contribution in [3.63, 3.8) is 0 Å². The van der Waals surface area contributed by atoms with Crippen LogP contribution < -0.4 is 20.5 Å². The Bertz CT molecular complexity index is 1700. The fourth-order valence-electron chi connectivity index (χ4n) is 3.98. The van der Waals surface area contributed by atoms with Crippen LogP contribution in [0.1, 0.15) is 16.1 Å². The third-order valence-electron chi connectivity index (χ3n) is 5.83. The van der Waals surface area contributed by atoms with Gasteiger partial charge in [-0.25, -0.2) is 23.7 Å². The fraction of sp³-hybridized carbons (Fsp3) is 0.115. The minimum atomic E-state index is -1.21. The molecule has 4 aromatic heterocycles. The zero-order valence-electron chi connectivity index (χ0n) is 20.4. The second kappa shape index (κ2) is 10.0. The lowest BCUT2D eigenvalue weighted by Gasteiger charge is -2.21. The molecule has 4 heterocycles. The van der Waals surface area contributed by atoms with Crippen LogP contribution >= 0.6 is 0 Å². The first-order valence-electron chi connectivity index (χ1n) is 11.4. The van der Waals surface area contributed by atoms with Crippen LogP contribution in [0.4, 0.5) is 21.6 Å². The summed E-state index contributed by atoms with van der Waals surface area (Å²) in [4.78, 5) is 35.1. The van der Waals surface area contributed by atoms with Crippen LogP contribution in [0.3, 0.4) is 0 Å². The second-order valence-corrected chi connectivity index (χ2v) is 8.33. The lowest BCUT2D eigenvalue weighted by Crippen LogP contribution is -2.23. The van der Waals surface area contributed by atoms with Crippen molar-refractivity contribution < 1.29 is 19.0 Å². The predicted octanol–water partition coefficient (Wildman–Crippen LogP) is 3.50. The van der Waals surface area contributed by atoms with Gasteiger partial charge in [0.2, 0.25) is 0 Å². The van der Waals surface area contributed by atoms with Crippen LogP contribution in [0.15, 0.2) is 78.0 Å². The number of nitrogens with zero attached hydrogens (tertiary/aromatic N) is 6. The number of halogens is 1. The number of pyridine rings is 2. The van der Waals surface area contributed by atoms with Gasteiger partial charge in [-0.3, -0.25) is 9.36 Å². The van der Waals surface area contributed by atoms with Gasteiger partial charge in [0, 0.05) is 32.1 Å². The van der Waals surface area contributed by atoms with Crippen LogP contribution in [0.25, 0.3) is 11.5 Å². The van der Waals surface area contributed by atoms with E-state index in [0.717, 1.165) is 15.9 Å². The molecule has 0 saturated heterocycles. The minimum absolute atomic E-state index is 0.0881. The molecule has 5 rings (SSSR count). The lowest BCUT2D eigenvalue weighted by atomic mass is 10.2. The van der Waals surface area contributed by atoms with Gasteiger partial charge in [0.05, 0.1) is 19.0 Å². The zero-order chi connectivity index (χ0) is 26.8. The lowest BCUT2D eigenvalue weighted by molar-refractivity contribution is 0.0688. The highest BCUT2D eigenvalue weighted by atomic mass is 19.1. The summed E-state index contributed by atoms with van der Waals surface area (Å²) in [7, 11) is 3.42. The number of hydrogen-bond acceptors (Lipinski definition) is 8. The molecule has 0 atom stereocenters. The average Bonchev–Trinajstić information content (AvgIpc) is 3.35. The molecule has 1 aromatic carbocycles. The molecule has 11 nitrogen and oxygen atoms in total. The quantitative estimate of drug-likeness (QED) is 0.319. The van der Waals surface area contributed by atoms with Crippen molar-refractivity contribution in [1.82, 2.24) is 24.1 Å². The monoisotopic (exact) mass is 515 g/mol. The van der Waals surface area contributed by atoms with E-state index in [9.17, 15) is 19.1 Å². The smallest absolute Gasteiger partial charge is 0.356 e. The van der Waals surface area contributed by atoms with Crippen LogP contribution in [0, 0.1) is 5.82 Å². The first kappa shape index (κ1) is 24.4. The normalized spacial score (nSPS) is 10.9. The van der Waals surface area contributed by atoms with E-state index in [0.29, 0.717) is 17.9 Å². The summed E-state index contributed by atoms with van der Waals surface area (Å²) in [5, 5.41) is 17.0.